The van der Waals surface area contributed by atoms with Gasteiger partial charge in [0, 0.05) is 0 Å². The van der Waals surface area contributed by atoms with Crippen molar-refractivity contribution in [2.24, 2.45) is 0 Å². The summed E-state index contributed by atoms with van der Waals surface area (Å²) in [7, 11) is -0.446. The molecule has 0 aliphatic heterocycles. The molecule has 0 atom stereocenters. The van der Waals surface area contributed by atoms with Gasteiger partial charge in [-0.2, -0.15) is 11.3 Å². The number of hydrogen-bond donors (Lipinski definition) is 0. The third-order valence-corrected chi connectivity index (χ3v) is 6.54. The quantitative estimate of drug-likeness (QED) is 0.448. The van der Waals surface area contributed by atoms with Crippen molar-refractivity contribution < 1.29 is 0 Å². The minimum Gasteiger partial charge on any atom is -0.152 e. The van der Waals surface area contributed by atoms with Crippen LogP contribution in [-0.2, 0) is 0 Å². The van der Waals surface area contributed by atoms with E-state index in [-0.39, 0.29) is 0 Å². The highest BCUT2D eigenvalue weighted by atomic mass is 32.1. The van der Waals surface area contributed by atoms with E-state index < -0.39 is 7.92 Å². The molecule has 1 heterocycles. The number of rotatable bonds is 3. The van der Waals surface area contributed by atoms with Gasteiger partial charge in [-0.05, 0) is 34.6 Å². The van der Waals surface area contributed by atoms with Crippen LogP contribution >= 0.6 is 19.3 Å². The molecule has 0 fully saturated rings. The predicted molar refractivity (Wildman–Crippen MR) is 109 cm³/mol. The van der Waals surface area contributed by atoms with Gasteiger partial charge in [0.25, 0.3) is 0 Å². The third kappa shape index (κ3) is 4.64. The monoisotopic (exact) mass is 346 g/mol. The molecular formula is C22H19PS. The molecule has 0 nitrogen and oxygen atoms in total. The summed E-state index contributed by atoms with van der Waals surface area (Å²) in [4.78, 5) is 0. The standard InChI is InChI=1S/C18H15P.C4H4S/c1-4-10-16(11-5-1)19(17-12-6-2-7-13-17)18-14-8-3-9-15-18;1-2-4-5-3-1/h1-15H;1-4H. The fourth-order valence-electron chi connectivity index (χ4n) is 2.41. The molecule has 0 bridgehead atoms. The Kier molecular flexibility index (Phi) is 6.36. The SMILES string of the molecule is c1ccc(P(c2ccccc2)c2ccccc2)cc1.c1ccsc1. The van der Waals surface area contributed by atoms with Gasteiger partial charge in [0.15, 0.2) is 0 Å². The zero-order valence-corrected chi connectivity index (χ0v) is 15.0. The Balaban J connectivity index is 0.000000290. The maximum absolute atomic E-state index is 2.23. The van der Waals surface area contributed by atoms with Gasteiger partial charge in [0.05, 0.1) is 0 Å². The van der Waals surface area contributed by atoms with Gasteiger partial charge in [-0.15, -0.1) is 0 Å². The minimum atomic E-state index is -0.446. The summed E-state index contributed by atoms with van der Waals surface area (Å²) in [6.07, 6.45) is 0. The lowest BCUT2D eigenvalue weighted by Gasteiger charge is -2.18. The van der Waals surface area contributed by atoms with Crippen molar-refractivity contribution in [2.75, 3.05) is 0 Å². The summed E-state index contributed by atoms with van der Waals surface area (Å²) < 4.78 is 0. The van der Waals surface area contributed by atoms with E-state index in [4.69, 9.17) is 0 Å². The highest BCUT2D eigenvalue weighted by Gasteiger charge is 2.14. The molecule has 24 heavy (non-hydrogen) atoms. The molecule has 0 amide bonds. The molecule has 4 aromatic rings. The van der Waals surface area contributed by atoms with Crippen molar-refractivity contribution in [3.63, 3.8) is 0 Å². The second-order valence-electron chi connectivity index (χ2n) is 5.14. The van der Waals surface area contributed by atoms with Crippen molar-refractivity contribution in [1.29, 1.82) is 0 Å². The van der Waals surface area contributed by atoms with E-state index in [1.807, 2.05) is 22.9 Å². The van der Waals surface area contributed by atoms with Gasteiger partial charge in [-0.25, -0.2) is 0 Å². The summed E-state index contributed by atoms with van der Waals surface area (Å²) in [6.45, 7) is 0. The van der Waals surface area contributed by atoms with E-state index in [9.17, 15) is 0 Å². The van der Waals surface area contributed by atoms with Crippen LogP contribution in [0.2, 0.25) is 0 Å². The van der Waals surface area contributed by atoms with Crippen LogP contribution in [0.5, 0.6) is 0 Å². The zero-order valence-electron chi connectivity index (χ0n) is 13.3. The lowest BCUT2D eigenvalue weighted by Crippen LogP contribution is -2.20. The van der Waals surface area contributed by atoms with E-state index in [0.29, 0.717) is 0 Å². The van der Waals surface area contributed by atoms with E-state index >= 15 is 0 Å². The van der Waals surface area contributed by atoms with Crippen molar-refractivity contribution in [3.05, 3.63) is 114 Å². The molecule has 0 aliphatic rings. The first-order chi connectivity index (χ1) is 11.9. The summed E-state index contributed by atoms with van der Waals surface area (Å²) in [6, 6.07) is 36.4. The van der Waals surface area contributed by atoms with Crippen LogP contribution in [0, 0.1) is 0 Å². The van der Waals surface area contributed by atoms with E-state index in [0.717, 1.165) is 0 Å². The van der Waals surface area contributed by atoms with Crippen LogP contribution in [-0.4, -0.2) is 0 Å². The van der Waals surface area contributed by atoms with Gasteiger partial charge in [-0.1, -0.05) is 103 Å². The first-order valence-electron chi connectivity index (χ1n) is 7.87. The van der Waals surface area contributed by atoms with Crippen molar-refractivity contribution in [3.8, 4) is 0 Å². The predicted octanol–water partition coefficient (Wildman–Crippen LogP) is 5.19. The molecule has 4 rings (SSSR count). The van der Waals surface area contributed by atoms with Crippen molar-refractivity contribution >= 4 is 35.2 Å². The van der Waals surface area contributed by atoms with Gasteiger partial charge >= 0.3 is 0 Å². The second kappa shape index (κ2) is 9.17. The Morgan fingerprint density at radius 1 is 0.417 bits per heavy atom. The summed E-state index contributed by atoms with van der Waals surface area (Å²) in [5.74, 6) is 0. The summed E-state index contributed by atoms with van der Waals surface area (Å²) in [5, 5.41) is 8.28. The Bertz CT molecular complexity index is 685. The van der Waals surface area contributed by atoms with E-state index in [2.05, 4.69) is 91.0 Å². The first-order valence-corrected chi connectivity index (χ1v) is 10.2. The van der Waals surface area contributed by atoms with Gasteiger partial charge in [0.2, 0.25) is 0 Å². The highest BCUT2D eigenvalue weighted by Crippen LogP contribution is 2.32. The van der Waals surface area contributed by atoms with Gasteiger partial charge in [0.1, 0.15) is 0 Å². The summed E-state index contributed by atoms with van der Waals surface area (Å²) in [5.41, 5.74) is 0. The molecule has 0 spiro atoms. The van der Waals surface area contributed by atoms with Crippen LogP contribution in [0.25, 0.3) is 0 Å². The van der Waals surface area contributed by atoms with Gasteiger partial charge < -0.3 is 0 Å². The molecule has 0 radical (unpaired) electrons. The molecule has 0 aliphatic carbocycles. The van der Waals surface area contributed by atoms with Gasteiger partial charge in [-0.3, -0.25) is 0 Å². The van der Waals surface area contributed by atoms with E-state index in [1.54, 1.807) is 11.3 Å². The summed E-state index contributed by atoms with van der Waals surface area (Å²) >= 11 is 1.71. The molecule has 0 saturated carbocycles. The Morgan fingerprint density at radius 2 is 0.750 bits per heavy atom. The molecule has 0 saturated heterocycles. The third-order valence-electron chi connectivity index (χ3n) is 3.47. The number of thiophene rings is 1. The molecule has 0 N–H and O–H groups in total. The molecule has 0 unspecified atom stereocenters. The molecule has 2 heteroatoms. The molecule has 1 aromatic heterocycles. The lowest BCUT2D eigenvalue weighted by molar-refractivity contribution is 1.74. The highest BCUT2D eigenvalue weighted by molar-refractivity contribution is 7.79. The topological polar surface area (TPSA) is 0 Å². The largest absolute Gasteiger partial charge is 0.152 e. The maximum atomic E-state index is 2.23. The fourth-order valence-corrected chi connectivity index (χ4v) is 5.16. The van der Waals surface area contributed by atoms with Crippen LogP contribution in [0.15, 0.2) is 114 Å². The van der Waals surface area contributed by atoms with Crippen LogP contribution < -0.4 is 15.9 Å². The molecule has 3 aromatic carbocycles. The minimum absolute atomic E-state index is 0.446. The van der Waals surface area contributed by atoms with Crippen LogP contribution in [0.3, 0.4) is 0 Å². The Hall–Kier alpha value is -2.21. The average molecular weight is 346 g/mol. The number of hydrogen-bond acceptors (Lipinski definition) is 1. The van der Waals surface area contributed by atoms with Crippen molar-refractivity contribution in [2.45, 2.75) is 0 Å². The van der Waals surface area contributed by atoms with E-state index in [1.165, 1.54) is 15.9 Å². The lowest BCUT2D eigenvalue weighted by atomic mass is 10.4. The van der Waals surface area contributed by atoms with Crippen LogP contribution in [0.1, 0.15) is 0 Å². The Morgan fingerprint density at radius 3 is 1.00 bits per heavy atom. The fraction of sp³-hybridized carbons (Fsp3) is 0. The normalized spacial score (nSPS) is 10.0. The van der Waals surface area contributed by atoms with Crippen LogP contribution in [0.4, 0.5) is 0 Å². The maximum Gasteiger partial charge on any atom is -0.00934 e. The molecular weight excluding hydrogens is 327 g/mol. The Labute approximate surface area is 149 Å². The average Bonchev–Trinajstić information content (AvgIpc) is 3.25. The first kappa shape index (κ1) is 16.6. The second-order valence-corrected chi connectivity index (χ2v) is 8.17. The molecule has 118 valence electrons. The zero-order chi connectivity index (χ0) is 16.5. The van der Waals surface area contributed by atoms with Crippen molar-refractivity contribution in [1.82, 2.24) is 0 Å². The smallest absolute Gasteiger partial charge is 0.00934 e. The number of benzene rings is 3.